The van der Waals surface area contributed by atoms with Gasteiger partial charge in [0.1, 0.15) is 0 Å². The lowest BCUT2D eigenvalue weighted by molar-refractivity contribution is 0.496. The number of unbranched alkanes of at least 4 members (excludes halogenated alkanes) is 2. The summed E-state index contributed by atoms with van der Waals surface area (Å²) >= 11 is 3.50. The van der Waals surface area contributed by atoms with Gasteiger partial charge in [0.15, 0.2) is 0 Å². The molecule has 0 aliphatic heterocycles. The Bertz CT molecular complexity index is 462. The first-order valence-corrected chi connectivity index (χ1v) is 7.80. The summed E-state index contributed by atoms with van der Waals surface area (Å²) in [5.74, 6) is 0.578. The molecule has 1 atom stereocenters. The molecule has 2 aromatic rings. The molecule has 0 aliphatic rings. The Hall–Kier alpha value is -1.09. The van der Waals surface area contributed by atoms with E-state index in [1.165, 1.54) is 31.2 Å². The van der Waals surface area contributed by atoms with Crippen molar-refractivity contribution in [2.24, 2.45) is 0 Å². The summed E-state index contributed by atoms with van der Waals surface area (Å²) in [7, 11) is 0. The van der Waals surface area contributed by atoms with Crippen LogP contribution in [0.5, 0.6) is 0 Å². The molecule has 0 amide bonds. The fraction of sp³-hybridized carbons (Fsp3) is 0.438. The van der Waals surface area contributed by atoms with Crippen molar-refractivity contribution >= 4 is 15.9 Å². The fourth-order valence-corrected chi connectivity index (χ4v) is 2.65. The minimum absolute atomic E-state index is 0.578. The first-order chi connectivity index (χ1) is 9.29. The minimum Gasteiger partial charge on any atom is -0.337 e. The van der Waals surface area contributed by atoms with Gasteiger partial charge < -0.3 is 4.57 Å². The number of hydrogen-bond acceptors (Lipinski definition) is 1. The van der Waals surface area contributed by atoms with E-state index < -0.39 is 0 Å². The van der Waals surface area contributed by atoms with Gasteiger partial charge in [0, 0.05) is 29.3 Å². The van der Waals surface area contributed by atoms with Crippen LogP contribution >= 0.6 is 15.9 Å². The summed E-state index contributed by atoms with van der Waals surface area (Å²) in [6, 6.07) is 8.74. The molecular weight excluding hydrogens is 300 g/mol. The maximum Gasteiger partial charge on any atom is 0.0946 e. The van der Waals surface area contributed by atoms with E-state index in [4.69, 9.17) is 0 Å². The highest BCUT2D eigenvalue weighted by Crippen LogP contribution is 2.26. The van der Waals surface area contributed by atoms with Crippen LogP contribution in [0.2, 0.25) is 0 Å². The molecule has 2 nitrogen and oxygen atoms in total. The van der Waals surface area contributed by atoms with Gasteiger partial charge in [-0.3, -0.25) is 0 Å². The zero-order chi connectivity index (χ0) is 13.5. The van der Waals surface area contributed by atoms with Crippen molar-refractivity contribution in [2.75, 3.05) is 0 Å². The van der Waals surface area contributed by atoms with Gasteiger partial charge in [-0.15, -0.1) is 0 Å². The second-order valence-corrected chi connectivity index (χ2v) is 5.92. The summed E-state index contributed by atoms with van der Waals surface area (Å²) in [5.41, 5.74) is 1.42. The highest BCUT2D eigenvalue weighted by atomic mass is 79.9. The molecule has 0 N–H and O–H groups in total. The second-order valence-electron chi connectivity index (χ2n) is 5.00. The van der Waals surface area contributed by atoms with Crippen LogP contribution in [0.25, 0.3) is 0 Å². The first-order valence-electron chi connectivity index (χ1n) is 7.00. The van der Waals surface area contributed by atoms with Crippen LogP contribution in [0.15, 0.2) is 47.5 Å². The lowest BCUT2D eigenvalue weighted by atomic mass is 9.93. The van der Waals surface area contributed by atoms with Crippen LogP contribution in [-0.2, 0) is 6.54 Å². The highest BCUT2D eigenvalue weighted by Gasteiger charge is 2.12. The van der Waals surface area contributed by atoms with E-state index in [0.29, 0.717) is 5.92 Å². The van der Waals surface area contributed by atoms with E-state index >= 15 is 0 Å². The summed E-state index contributed by atoms with van der Waals surface area (Å²) in [4.78, 5) is 4.13. The fourth-order valence-electron chi connectivity index (χ4n) is 2.39. The smallest absolute Gasteiger partial charge is 0.0946 e. The Morgan fingerprint density at radius 2 is 2.00 bits per heavy atom. The normalized spacial score (nSPS) is 12.5. The van der Waals surface area contributed by atoms with Crippen molar-refractivity contribution in [1.82, 2.24) is 9.55 Å². The summed E-state index contributed by atoms with van der Waals surface area (Å²) in [5, 5.41) is 0. The van der Waals surface area contributed by atoms with Crippen LogP contribution < -0.4 is 0 Å². The molecule has 19 heavy (non-hydrogen) atoms. The maximum absolute atomic E-state index is 4.13. The lowest BCUT2D eigenvalue weighted by Gasteiger charge is -2.18. The van der Waals surface area contributed by atoms with Crippen LogP contribution in [0, 0.1) is 0 Å². The summed E-state index contributed by atoms with van der Waals surface area (Å²) < 4.78 is 3.32. The van der Waals surface area contributed by atoms with E-state index in [2.05, 4.69) is 56.7 Å². The van der Waals surface area contributed by atoms with E-state index in [1.807, 2.05) is 18.7 Å². The van der Waals surface area contributed by atoms with E-state index in [1.54, 1.807) is 0 Å². The Labute approximate surface area is 124 Å². The Morgan fingerprint density at radius 3 is 2.63 bits per heavy atom. The minimum atomic E-state index is 0.578. The van der Waals surface area contributed by atoms with Crippen molar-refractivity contribution in [3.05, 3.63) is 53.0 Å². The predicted octanol–water partition coefficient (Wildman–Crippen LogP) is 5.01. The number of hydrogen-bond donors (Lipinski definition) is 0. The third-order valence-corrected chi connectivity index (χ3v) is 4.02. The molecule has 3 heteroatoms. The molecule has 0 fully saturated rings. The van der Waals surface area contributed by atoms with Gasteiger partial charge in [0.25, 0.3) is 0 Å². The Balaban J connectivity index is 2.06. The monoisotopic (exact) mass is 320 g/mol. The molecule has 1 aromatic heterocycles. The molecule has 0 saturated heterocycles. The molecule has 0 spiro atoms. The van der Waals surface area contributed by atoms with Gasteiger partial charge >= 0.3 is 0 Å². The topological polar surface area (TPSA) is 17.8 Å². The van der Waals surface area contributed by atoms with Gasteiger partial charge in [0.2, 0.25) is 0 Å². The van der Waals surface area contributed by atoms with Crippen molar-refractivity contribution < 1.29 is 0 Å². The number of imidazole rings is 1. The Morgan fingerprint density at radius 1 is 1.21 bits per heavy atom. The van der Waals surface area contributed by atoms with Crippen molar-refractivity contribution in [2.45, 2.75) is 45.1 Å². The van der Waals surface area contributed by atoms with E-state index in [0.717, 1.165) is 11.0 Å². The molecule has 0 bridgehead atoms. The van der Waals surface area contributed by atoms with E-state index in [-0.39, 0.29) is 0 Å². The van der Waals surface area contributed by atoms with E-state index in [9.17, 15) is 0 Å². The number of benzene rings is 1. The van der Waals surface area contributed by atoms with Crippen molar-refractivity contribution in [3.8, 4) is 0 Å². The third-order valence-electron chi connectivity index (χ3n) is 3.49. The lowest BCUT2D eigenvalue weighted by Crippen LogP contribution is -2.08. The summed E-state index contributed by atoms with van der Waals surface area (Å²) in [6.07, 6.45) is 10.9. The number of nitrogens with zero attached hydrogens (tertiary/aromatic N) is 2. The predicted molar refractivity (Wildman–Crippen MR) is 83.3 cm³/mol. The quantitative estimate of drug-likeness (QED) is 0.656. The number of rotatable bonds is 7. The van der Waals surface area contributed by atoms with Crippen LogP contribution in [-0.4, -0.2) is 9.55 Å². The van der Waals surface area contributed by atoms with Gasteiger partial charge in [-0.2, -0.15) is 0 Å². The van der Waals surface area contributed by atoms with Crippen molar-refractivity contribution in [1.29, 1.82) is 0 Å². The average Bonchev–Trinajstić information content (AvgIpc) is 2.92. The standard InChI is InChI=1S/C16H21BrN2/c1-2-3-4-5-15(12-19-11-10-18-13-19)14-6-8-16(17)9-7-14/h6-11,13,15H,2-5,12H2,1H3. The van der Waals surface area contributed by atoms with Crippen LogP contribution in [0.4, 0.5) is 0 Å². The third kappa shape index (κ3) is 4.50. The SMILES string of the molecule is CCCCCC(Cn1ccnc1)c1ccc(Br)cc1. The van der Waals surface area contributed by atoms with Crippen molar-refractivity contribution in [3.63, 3.8) is 0 Å². The number of halogens is 1. The summed E-state index contributed by atoms with van der Waals surface area (Å²) in [6.45, 7) is 3.27. The van der Waals surface area contributed by atoms with Gasteiger partial charge in [0.05, 0.1) is 6.33 Å². The molecule has 1 unspecified atom stereocenters. The zero-order valence-corrected chi connectivity index (χ0v) is 13.0. The molecule has 1 aromatic carbocycles. The van der Waals surface area contributed by atoms with Crippen LogP contribution in [0.1, 0.15) is 44.1 Å². The maximum atomic E-state index is 4.13. The molecule has 0 saturated carbocycles. The van der Waals surface area contributed by atoms with Crippen LogP contribution in [0.3, 0.4) is 0 Å². The molecule has 2 rings (SSSR count). The largest absolute Gasteiger partial charge is 0.337 e. The molecular formula is C16H21BrN2. The first kappa shape index (κ1) is 14.3. The molecule has 102 valence electrons. The van der Waals surface area contributed by atoms with Gasteiger partial charge in [-0.05, 0) is 24.1 Å². The van der Waals surface area contributed by atoms with Gasteiger partial charge in [-0.1, -0.05) is 54.2 Å². The number of aromatic nitrogens is 2. The molecule has 0 aliphatic carbocycles. The highest BCUT2D eigenvalue weighted by molar-refractivity contribution is 9.10. The average molecular weight is 321 g/mol. The van der Waals surface area contributed by atoms with Gasteiger partial charge in [-0.25, -0.2) is 4.98 Å². The molecule has 0 radical (unpaired) electrons. The molecule has 1 heterocycles. The zero-order valence-electron chi connectivity index (χ0n) is 11.4. The Kier molecular flexibility index (Phi) is 5.64. The second kappa shape index (κ2) is 7.49.